The van der Waals surface area contributed by atoms with Gasteiger partial charge in [-0.1, -0.05) is 19.4 Å². The molecule has 0 saturated heterocycles. The fraction of sp³-hybridized carbons (Fsp3) is 0.565. The summed E-state index contributed by atoms with van der Waals surface area (Å²) in [6.07, 6.45) is 4.80. The van der Waals surface area contributed by atoms with Crippen molar-refractivity contribution < 1.29 is 23.8 Å². The van der Waals surface area contributed by atoms with Crippen molar-refractivity contribution in [1.29, 1.82) is 0 Å². The monoisotopic (exact) mass is 431 g/mol. The Balaban J connectivity index is 0.000000259. The number of hydrogen-bond donors (Lipinski definition) is 2. The first-order valence-electron chi connectivity index (χ1n) is 10.8. The van der Waals surface area contributed by atoms with E-state index in [-0.39, 0.29) is 30.1 Å². The molecule has 1 aromatic carbocycles. The van der Waals surface area contributed by atoms with Gasteiger partial charge in [-0.25, -0.2) is 0 Å². The summed E-state index contributed by atoms with van der Waals surface area (Å²) < 4.78 is 16.9. The maximum absolute atomic E-state index is 10.7. The van der Waals surface area contributed by atoms with Crippen LogP contribution in [-0.2, 0) is 20.9 Å². The molecule has 4 N–H and O–H groups in total. The summed E-state index contributed by atoms with van der Waals surface area (Å²) in [6, 6.07) is 4.08. The third kappa shape index (κ3) is 5.19. The summed E-state index contributed by atoms with van der Waals surface area (Å²) in [5.41, 5.74) is 14.2. The lowest BCUT2D eigenvalue weighted by atomic mass is 9.80. The van der Waals surface area contributed by atoms with Crippen molar-refractivity contribution in [2.75, 3.05) is 20.7 Å². The Kier molecular flexibility index (Phi) is 7.56. The summed E-state index contributed by atoms with van der Waals surface area (Å²) >= 11 is 0. The molecule has 8 nitrogen and oxygen atoms in total. The Labute approximate surface area is 183 Å². The lowest BCUT2D eigenvalue weighted by molar-refractivity contribution is -0.132. The van der Waals surface area contributed by atoms with Crippen LogP contribution in [0.3, 0.4) is 0 Å². The summed E-state index contributed by atoms with van der Waals surface area (Å²) in [5, 5.41) is 0. The van der Waals surface area contributed by atoms with Gasteiger partial charge >= 0.3 is 0 Å². The van der Waals surface area contributed by atoms with Crippen molar-refractivity contribution in [1.82, 2.24) is 4.90 Å². The summed E-state index contributed by atoms with van der Waals surface area (Å²) in [6.45, 7) is 4.30. The molecule has 0 radical (unpaired) electrons. The van der Waals surface area contributed by atoms with E-state index in [1.165, 1.54) is 16.7 Å². The molecule has 1 aromatic rings. The van der Waals surface area contributed by atoms with Gasteiger partial charge in [-0.05, 0) is 36.7 Å². The average molecular weight is 432 g/mol. The van der Waals surface area contributed by atoms with Crippen molar-refractivity contribution in [3.63, 3.8) is 0 Å². The minimum atomic E-state index is -0.309. The van der Waals surface area contributed by atoms with Gasteiger partial charge in [0.2, 0.25) is 5.91 Å². The number of carbonyl (C=O) groups excluding carboxylic acids is 2. The largest absolute Gasteiger partial charge is 0.493 e. The lowest BCUT2D eigenvalue weighted by Gasteiger charge is -2.30. The van der Waals surface area contributed by atoms with Gasteiger partial charge in [-0.3, -0.25) is 14.5 Å². The molecular formula is C23H33N3O5. The van der Waals surface area contributed by atoms with Crippen molar-refractivity contribution in [2.24, 2.45) is 11.5 Å². The number of rotatable bonds is 7. The SMILES string of the molecule is CCCC(N)CC(N)=O.COc1ccc2c3c1OC1CC(OC=O)C=C(CN(C)C2)C31. The molecule has 3 aliphatic rings. The second-order valence-electron chi connectivity index (χ2n) is 8.44. The highest BCUT2D eigenvalue weighted by Gasteiger charge is 2.45. The second kappa shape index (κ2) is 10.2. The number of amides is 1. The fourth-order valence-electron chi connectivity index (χ4n) is 4.74. The van der Waals surface area contributed by atoms with Gasteiger partial charge in [0.1, 0.15) is 12.2 Å². The zero-order chi connectivity index (χ0) is 22.5. The molecule has 1 amide bonds. The molecule has 0 spiro atoms. The number of hydrogen-bond acceptors (Lipinski definition) is 7. The smallest absolute Gasteiger partial charge is 0.293 e. The summed E-state index contributed by atoms with van der Waals surface area (Å²) in [7, 11) is 3.78. The lowest BCUT2D eigenvalue weighted by Crippen LogP contribution is -2.33. The van der Waals surface area contributed by atoms with Crippen LogP contribution in [0.25, 0.3) is 0 Å². The van der Waals surface area contributed by atoms with Gasteiger partial charge in [0.05, 0.1) is 7.11 Å². The van der Waals surface area contributed by atoms with E-state index < -0.39 is 0 Å². The molecular weight excluding hydrogens is 398 g/mol. The standard InChI is InChI=1S/C17H19NO4.C6H14N2O/c1-18-7-10-3-4-13(20-2)17-16(10)15-11(8-18)5-12(21-9-19)6-14(15)22-17;1-2-3-5(7)4-6(8)9/h3-5,9,12,14-15H,6-8H2,1-2H3;5H,2-4,7H2,1H3,(H2,8,9). The van der Waals surface area contributed by atoms with Gasteiger partial charge in [0.15, 0.2) is 11.5 Å². The van der Waals surface area contributed by atoms with E-state index in [9.17, 15) is 9.59 Å². The number of nitrogens with zero attached hydrogens (tertiary/aromatic N) is 1. The Morgan fingerprint density at radius 1 is 1.39 bits per heavy atom. The zero-order valence-electron chi connectivity index (χ0n) is 18.5. The number of primary amides is 1. The first kappa shape index (κ1) is 23.1. The van der Waals surface area contributed by atoms with Gasteiger partial charge in [-0.15, -0.1) is 0 Å². The number of methoxy groups -OCH3 is 1. The second-order valence-corrected chi connectivity index (χ2v) is 8.44. The summed E-state index contributed by atoms with van der Waals surface area (Å²) in [4.78, 5) is 23.2. The highest BCUT2D eigenvalue weighted by molar-refractivity contribution is 5.74. The molecule has 4 unspecified atom stereocenters. The number of likely N-dealkylation sites (N-methyl/N-ethyl adjacent to an activating group) is 1. The van der Waals surface area contributed by atoms with Crippen LogP contribution >= 0.6 is 0 Å². The van der Waals surface area contributed by atoms with Crippen LogP contribution in [-0.4, -0.2) is 56.2 Å². The zero-order valence-corrected chi connectivity index (χ0v) is 18.5. The molecule has 2 aliphatic heterocycles. The first-order chi connectivity index (χ1) is 14.9. The van der Waals surface area contributed by atoms with Crippen LogP contribution in [0.5, 0.6) is 11.5 Å². The Morgan fingerprint density at radius 2 is 2.16 bits per heavy atom. The minimum Gasteiger partial charge on any atom is -0.493 e. The van der Waals surface area contributed by atoms with Gasteiger partial charge in [0.25, 0.3) is 6.47 Å². The van der Waals surface area contributed by atoms with E-state index in [2.05, 4.69) is 24.1 Å². The van der Waals surface area contributed by atoms with Gasteiger partial charge < -0.3 is 25.7 Å². The molecule has 1 aliphatic carbocycles. The number of ether oxygens (including phenoxy) is 3. The van der Waals surface area contributed by atoms with Crippen LogP contribution in [0.1, 0.15) is 49.7 Å². The number of carbonyl (C=O) groups is 2. The third-order valence-corrected chi connectivity index (χ3v) is 5.93. The number of nitrogens with two attached hydrogens (primary N) is 2. The average Bonchev–Trinajstić information content (AvgIpc) is 3.01. The Hall–Kier alpha value is -2.58. The molecule has 4 atom stereocenters. The predicted octanol–water partition coefficient (Wildman–Crippen LogP) is 1.85. The van der Waals surface area contributed by atoms with E-state index >= 15 is 0 Å². The van der Waals surface area contributed by atoms with E-state index in [4.69, 9.17) is 25.7 Å². The van der Waals surface area contributed by atoms with E-state index in [1.807, 2.05) is 13.0 Å². The van der Waals surface area contributed by atoms with Crippen molar-refractivity contribution in [2.45, 2.75) is 63.3 Å². The molecule has 8 heteroatoms. The van der Waals surface area contributed by atoms with Crippen LogP contribution in [0, 0.1) is 0 Å². The van der Waals surface area contributed by atoms with Crippen LogP contribution in [0.2, 0.25) is 0 Å². The van der Waals surface area contributed by atoms with Gasteiger partial charge in [0, 0.05) is 43.5 Å². The fourth-order valence-corrected chi connectivity index (χ4v) is 4.74. The van der Waals surface area contributed by atoms with Crippen LogP contribution < -0.4 is 20.9 Å². The maximum Gasteiger partial charge on any atom is 0.293 e. The third-order valence-electron chi connectivity index (χ3n) is 5.93. The summed E-state index contributed by atoms with van der Waals surface area (Å²) in [5.74, 6) is 1.58. The van der Waals surface area contributed by atoms with E-state index in [1.54, 1.807) is 7.11 Å². The topological polar surface area (TPSA) is 117 Å². The first-order valence-corrected chi connectivity index (χ1v) is 10.8. The van der Waals surface area contributed by atoms with E-state index in [0.29, 0.717) is 19.3 Å². The molecule has 0 bridgehead atoms. The molecule has 0 saturated carbocycles. The predicted molar refractivity (Wildman–Crippen MR) is 117 cm³/mol. The molecule has 31 heavy (non-hydrogen) atoms. The molecule has 0 fully saturated rings. The highest BCUT2D eigenvalue weighted by atomic mass is 16.5. The minimum absolute atomic E-state index is 0.0153. The van der Waals surface area contributed by atoms with Gasteiger partial charge in [-0.2, -0.15) is 0 Å². The molecule has 4 rings (SSSR count). The van der Waals surface area contributed by atoms with Crippen molar-refractivity contribution in [3.05, 3.63) is 34.9 Å². The maximum atomic E-state index is 10.7. The number of benzene rings is 1. The quantitative estimate of drug-likeness (QED) is 0.500. The Morgan fingerprint density at radius 3 is 2.81 bits per heavy atom. The van der Waals surface area contributed by atoms with Crippen LogP contribution in [0.15, 0.2) is 23.8 Å². The Bertz CT molecular complexity index is 841. The van der Waals surface area contributed by atoms with Crippen molar-refractivity contribution in [3.8, 4) is 11.5 Å². The van der Waals surface area contributed by atoms with Crippen LogP contribution in [0.4, 0.5) is 0 Å². The van der Waals surface area contributed by atoms with E-state index in [0.717, 1.165) is 37.4 Å². The van der Waals surface area contributed by atoms with Crippen molar-refractivity contribution >= 4 is 12.4 Å². The normalized spacial score (nSPS) is 24.4. The molecule has 170 valence electrons. The highest BCUT2D eigenvalue weighted by Crippen LogP contribution is 2.53. The molecule has 0 aromatic heterocycles. The molecule has 2 heterocycles.